The molecule has 1 aliphatic rings. The van der Waals surface area contributed by atoms with Gasteiger partial charge in [-0.05, 0) is 75.5 Å². The van der Waals surface area contributed by atoms with E-state index in [4.69, 9.17) is 9.15 Å². The fourth-order valence-corrected chi connectivity index (χ4v) is 4.15. The van der Waals surface area contributed by atoms with Gasteiger partial charge in [0.2, 0.25) is 5.91 Å². The van der Waals surface area contributed by atoms with Crippen molar-refractivity contribution in [2.24, 2.45) is 0 Å². The van der Waals surface area contributed by atoms with Gasteiger partial charge >= 0.3 is 5.63 Å². The van der Waals surface area contributed by atoms with E-state index in [-0.39, 0.29) is 12.3 Å². The maximum Gasteiger partial charge on any atom is 0.340 e. The predicted octanol–water partition coefficient (Wildman–Crippen LogP) is 3.51. The first kappa shape index (κ1) is 22.1. The minimum Gasteiger partial charge on any atom is -0.488 e. The largest absolute Gasteiger partial charge is 0.488 e. The van der Waals surface area contributed by atoms with Gasteiger partial charge in [0.05, 0.1) is 17.4 Å². The van der Waals surface area contributed by atoms with E-state index in [0.29, 0.717) is 36.1 Å². The fourth-order valence-electron chi connectivity index (χ4n) is 4.15. The lowest BCUT2D eigenvalue weighted by Gasteiger charge is -2.22. The minimum absolute atomic E-state index is 0.00322. The second-order valence-electron chi connectivity index (χ2n) is 8.28. The zero-order valence-corrected chi connectivity index (χ0v) is 18.5. The van der Waals surface area contributed by atoms with Crippen LogP contribution in [0.3, 0.4) is 0 Å². The number of hydrogen-bond acceptors (Lipinski definition) is 5. The van der Waals surface area contributed by atoms with Crippen LogP contribution in [0.5, 0.6) is 5.75 Å². The third-order valence-corrected chi connectivity index (χ3v) is 5.74. The Morgan fingerprint density at radius 3 is 2.83 bits per heavy atom. The molecule has 2 aromatic rings. The van der Waals surface area contributed by atoms with Crippen molar-refractivity contribution in [2.75, 3.05) is 26.2 Å². The lowest BCUT2D eigenvalue weighted by molar-refractivity contribution is -0.120. The SMILES string of the molecule is C=C(C)COc1cc(C)cc2oc(=O)c(CC(=O)NCC3CCCN3CC)c(C)c12. The van der Waals surface area contributed by atoms with Crippen LogP contribution in [-0.4, -0.2) is 43.1 Å². The summed E-state index contributed by atoms with van der Waals surface area (Å²) in [6, 6.07) is 4.11. The zero-order valence-electron chi connectivity index (χ0n) is 18.5. The lowest BCUT2D eigenvalue weighted by atomic mass is 10.0. The van der Waals surface area contributed by atoms with Gasteiger partial charge in [0.1, 0.15) is 17.9 Å². The zero-order chi connectivity index (χ0) is 21.8. The summed E-state index contributed by atoms with van der Waals surface area (Å²) < 4.78 is 11.5. The summed E-state index contributed by atoms with van der Waals surface area (Å²) in [5.41, 5.74) is 2.94. The third kappa shape index (κ3) is 4.93. The second-order valence-corrected chi connectivity index (χ2v) is 8.28. The standard InChI is InChI=1S/C24H32N2O4/c1-6-26-9-7-8-18(26)13-25-22(27)12-19-17(5)23-20(29-14-15(2)3)10-16(4)11-21(23)30-24(19)28/h10-11,18H,2,6-9,12-14H2,1,3-5H3,(H,25,27). The van der Waals surface area contributed by atoms with Crippen molar-refractivity contribution in [1.29, 1.82) is 0 Å². The number of likely N-dealkylation sites (N-methyl/N-ethyl adjacent to an activating group) is 1. The Labute approximate surface area is 177 Å². The van der Waals surface area contributed by atoms with Crippen molar-refractivity contribution in [1.82, 2.24) is 10.2 Å². The number of ether oxygens (including phenoxy) is 1. The van der Waals surface area contributed by atoms with Crippen molar-refractivity contribution < 1.29 is 13.9 Å². The molecule has 1 aliphatic heterocycles. The number of carbonyl (C=O) groups excluding carboxylic acids is 1. The van der Waals surface area contributed by atoms with Gasteiger partial charge in [-0.2, -0.15) is 0 Å². The highest BCUT2D eigenvalue weighted by Gasteiger charge is 2.24. The summed E-state index contributed by atoms with van der Waals surface area (Å²) in [7, 11) is 0. The number of aryl methyl sites for hydroxylation is 2. The number of nitrogens with zero attached hydrogens (tertiary/aromatic N) is 1. The van der Waals surface area contributed by atoms with E-state index < -0.39 is 5.63 Å². The minimum atomic E-state index is -0.470. The first-order chi connectivity index (χ1) is 14.3. The van der Waals surface area contributed by atoms with E-state index in [0.717, 1.165) is 48.0 Å². The quantitative estimate of drug-likeness (QED) is 0.531. The molecule has 0 aliphatic carbocycles. The van der Waals surface area contributed by atoms with Gasteiger partial charge in [0.15, 0.2) is 0 Å². The lowest BCUT2D eigenvalue weighted by Crippen LogP contribution is -2.40. The summed E-state index contributed by atoms with van der Waals surface area (Å²) in [5, 5.41) is 3.73. The van der Waals surface area contributed by atoms with Crippen LogP contribution in [0.4, 0.5) is 0 Å². The molecule has 1 aromatic heterocycles. The van der Waals surface area contributed by atoms with Crippen molar-refractivity contribution in [3.8, 4) is 5.75 Å². The highest BCUT2D eigenvalue weighted by molar-refractivity contribution is 5.89. The van der Waals surface area contributed by atoms with E-state index in [9.17, 15) is 9.59 Å². The van der Waals surface area contributed by atoms with Gasteiger partial charge in [-0.3, -0.25) is 9.69 Å². The molecule has 3 rings (SSSR count). The van der Waals surface area contributed by atoms with Gasteiger partial charge in [-0.15, -0.1) is 0 Å². The molecule has 1 atom stereocenters. The summed E-state index contributed by atoms with van der Waals surface area (Å²) in [5.74, 6) is 0.477. The van der Waals surface area contributed by atoms with Crippen LogP contribution in [-0.2, 0) is 11.2 Å². The van der Waals surface area contributed by atoms with Crippen LogP contribution in [0.15, 0.2) is 33.5 Å². The number of hydrogen-bond donors (Lipinski definition) is 1. The topological polar surface area (TPSA) is 71.8 Å². The average Bonchev–Trinajstić information content (AvgIpc) is 3.14. The Morgan fingerprint density at radius 2 is 2.13 bits per heavy atom. The van der Waals surface area contributed by atoms with E-state index in [1.54, 1.807) is 0 Å². The maximum absolute atomic E-state index is 12.6. The molecular formula is C24H32N2O4. The average molecular weight is 413 g/mol. The number of carbonyl (C=O) groups is 1. The van der Waals surface area contributed by atoms with Crippen LogP contribution < -0.4 is 15.7 Å². The highest BCUT2D eigenvalue weighted by Crippen LogP contribution is 2.31. The second kappa shape index (κ2) is 9.47. The normalized spacial score (nSPS) is 16.7. The first-order valence-corrected chi connectivity index (χ1v) is 10.6. The molecule has 2 heterocycles. The summed E-state index contributed by atoms with van der Waals surface area (Å²) >= 11 is 0. The molecule has 0 saturated carbocycles. The van der Waals surface area contributed by atoms with Crippen LogP contribution >= 0.6 is 0 Å². The molecule has 0 bridgehead atoms. The number of nitrogens with one attached hydrogen (secondary N) is 1. The van der Waals surface area contributed by atoms with Crippen LogP contribution in [0, 0.1) is 13.8 Å². The first-order valence-electron chi connectivity index (χ1n) is 10.6. The Bertz CT molecular complexity index is 1010. The molecule has 1 aromatic carbocycles. The van der Waals surface area contributed by atoms with E-state index in [2.05, 4.69) is 23.7 Å². The Morgan fingerprint density at radius 1 is 1.37 bits per heavy atom. The van der Waals surface area contributed by atoms with Gasteiger partial charge in [0.25, 0.3) is 0 Å². The number of amides is 1. The molecule has 0 spiro atoms. The van der Waals surface area contributed by atoms with Gasteiger partial charge in [-0.1, -0.05) is 13.5 Å². The van der Waals surface area contributed by atoms with Crippen molar-refractivity contribution >= 4 is 16.9 Å². The van der Waals surface area contributed by atoms with Crippen molar-refractivity contribution in [3.05, 3.63) is 51.4 Å². The number of benzene rings is 1. The summed E-state index contributed by atoms with van der Waals surface area (Å²) in [4.78, 5) is 27.6. The smallest absolute Gasteiger partial charge is 0.340 e. The molecule has 1 unspecified atom stereocenters. The van der Waals surface area contributed by atoms with Crippen LogP contribution in [0.1, 0.15) is 43.4 Å². The maximum atomic E-state index is 12.6. The number of fused-ring (bicyclic) bond motifs is 1. The van der Waals surface area contributed by atoms with Crippen molar-refractivity contribution in [3.63, 3.8) is 0 Å². The molecule has 1 saturated heterocycles. The van der Waals surface area contributed by atoms with E-state index >= 15 is 0 Å². The molecule has 162 valence electrons. The fraction of sp³-hybridized carbons (Fsp3) is 0.500. The number of likely N-dealkylation sites (tertiary alicyclic amines) is 1. The van der Waals surface area contributed by atoms with Crippen LogP contribution in [0.2, 0.25) is 0 Å². The molecule has 30 heavy (non-hydrogen) atoms. The molecule has 6 heteroatoms. The molecule has 6 nitrogen and oxygen atoms in total. The molecule has 1 fully saturated rings. The van der Waals surface area contributed by atoms with E-state index in [1.807, 2.05) is 32.9 Å². The van der Waals surface area contributed by atoms with Crippen LogP contribution in [0.25, 0.3) is 11.0 Å². The highest BCUT2D eigenvalue weighted by atomic mass is 16.5. The molecule has 0 radical (unpaired) electrons. The third-order valence-electron chi connectivity index (χ3n) is 5.74. The number of rotatable bonds is 8. The summed E-state index contributed by atoms with van der Waals surface area (Å²) in [6.07, 6.45) is 2.25. The molecule has 1 amide bonds. The van der Waals surface area contributed by atoms with Gasteiger partial charge < -0.3 is 14.5 Å². The predicted molar refractivity (Wildman–Crippen MR) is 119 cm³/mol. The monoisotopic (exact) mass is 412 g/mol. The Balaban J connectivity index is 1.83. The van der Waals surface area contributed by atoms with E-state index in [1.165, 1.54) is 0 Å². The molecule has 1 N–H and O–H groups in total. The Kier molecular flexibility index (Phi) is 6.98. The molecular weight excluding hydrogens is 380 g/mol. The summed E-state index contributed by atoms with van der Waals surface area (Å²) in [6.45, 7) is 14.7. The Hall–Kier alpha value is -2.60. The van der Waals surface area contributed by atoms with Gasteiger partial charge in [-0.25, -0.2) is 4.79 Å². The van der Waals surface area contributed by atoms with Crippen molar-refractivity contribution in [2.45, 2.75) is 53.0 Å². The van der Waals surface area contributed by atoms with Gasteiger partial charge in [0, 0.05) is 12.6 Å².